The first-order chi connectivity index (χ1) is 1.41. The van der Waals surface area contributed by atoms with Crippen LogP contribution in [0.15, 0.2) is 0 Å². The molecular formula is CNPb2S-. The van der Waals surface area contributed by atoms with Gasteiger partial charge in [-0.15, -0.1) is 0 Å². The van der Waals surface area contributed by atoms with Crippen LogP contribution in [0.3, 0.4) is 0 Å². The van der Waals surface area contributed by atoms with Crippen LogP contribution >= 0.6 is 0 Å². The molecule has 0 aromatic carbocycles. The molecule has 1 nitrogen and oxygen atoms in total. The summed E-state index contributed by atoms with van der Waals surface area (Å²) in [5.74, 6) is 0. The number of hydrogen-bond donors (Lipinski definition) is 0. The molecule has 4 heteroatoms. The van der Waals surface area contributed by atoms with Crippen LogP contribution in [0.2, 0.25) is 0 Å². The Morgan fingerprint density at radius 3 is 1.40 bits per heavy atom. The molecule has 0 saturated heterocycles. The number of nitriles is 1. The summed E-state index contributed by atoms with van der Waals surface area (Å²) in [6.07, 6.45) is 0. The van der Waals surface area contributed by atoms with E-state index in [4.69, 9.17) is 5.26 Å². The predicted octanol–water partition coefficient (Wildman–Crippen LogP) is -0.747. The Morgan fingerprint density at radius 2 is 1.40 bits per heavy atom. The quantitative estimate of drug-likeness (QED) is 0.263. The molecule has 0 aliphatic rings. The van der Waals surface area contributed by atoms with Gasteiger partial charge in [0.1, 0.15) is 0 Å². The van der Waals surface area contributed by atoms with Gasteiger partial charge in [0, 0.05) is 54.6 Å². The van der Waals surface area contributed by atoms with Gasteiger partial charge in [-0.25, -0.2) is 5.26 Å². The van der Waals surface area contributed by atoms with E-state index < -0.39 is 0 Å². The number of hydrogen-bond acceptors (Lipinski definition) is 2. The first kappa shape index (κ1) is 16.0. The summed E-state index contributed by atoms with van der Waals surface area (Å²) in [4.78, 5) is 0. The summed E-state index contributed by atoms with van der Waals surface area (Å²) >= 11 is 3.70. The molecular weight excluding hydrogens is 472 g/mol. The molecule has 0 saturated carbocycles. The molecule has 0 aliphatic carbocycles. The third-order valence-corrected chi connectivity index (χ3v) is 0. The van der Waals surface area contributed by atoms with E-state index in [0.29, 0.717) is 0 Å². The summed E-state index contributed by atoms with van der Waals surface area (Å²) < 4.78 is 0. The second-order valence-corrected chi connectivity index (χ2v) is 0.274. The second-order valence-electron chi connectivity index (χ2n) is 0.0913. The normalized spacial score (nSPS) is 1.40. The summed E-state index contributed by atoms with van der Waals surface area (Å²) in [5, 5.41) is 8.47. The molecule has 0 amide bonds. The fourth-order valence-corrected chi connectivity index (χ4v) is 0. The van der Waals surface area contributed by atoms with Gasteiger partial charge >= 0.3 is 0 Å². The van der Waals surface area contributed by atoms with Crippen molar-refractivity contribution in [1.82, 2.24) is 0 Å². The number of thiocyanates is 1. The monoisotopic (exact) mass is 474 g/mol. The minimum atomic E-state index is 0. The topological polar surface area (TPSA) is 23.8 Å². The Hall–Kier alpha value is 1.55. The van der Waals surface area contributed by atoms with Gasteiger partial charge < -0.3 is 12.6 Å². The first-order valence-electron chi connectivity index (χ1n) is 0.428. The average molecular weight is 472 g/mol. The minimum absolute atomic E-state index is 0. The van der Waals surface area contributed by atoms with Crippen molar-refractivity contribution in [3.05, 3.63) is 0 Å². The van der Waals surface area contributed by atoms with Gasteiger partial charge in [-0.05, 0) is 0 Å². The van der Waals surface area contributed by atoms with E-state index in [0.717, 1.165) is 0 Å². The van der Waals surface area contributed by atoms with Gasteiger partial charge in [0.25, 0.3) is 0 Å². The van der Waals surface area contributed by atoms with E-state index >= 15 is 0 Å². The SMILES string of the molecule is N#C[S-].[Pb].[Pb]. The predicted molar refractivity (Wildman–Crippen MR) is 24.5 cm³/mol. The van der Waals surface area contributed by atoms with Crippen molar-refractivity contribution in [2.24, 2.45) is 0 Å². The Bertz CT molecular complexity index is 31.1. The largest absolute Gasteiger partial charge is 0.696 e. The summed E-state index contributed by atoms with van der Waals surface area (Å²) in [5.41, 5.74) is 0. The Labute approximate surface area is 76.9 Å². The van der Waals surface area contributed by atoms with Gasteiger partial charge in [0.05, 0.1) is 0 Å². The Morgan fingerprint density at radius 1 is 1.40 bits per heavy atom. The molecule has 0 atom stereocenters. The molecule has 0 bridgehead atoms. The Balaban J connectivity index is -0.0000000200. The zero-order chi connectivity index (χ0) is 2.71. The molecule has 0 unspecified atom stereocenters. The van der Waals surface area contributed by atoms with Gasteiger partial charge in [-0.3, -0.25) is 0 Å². The van der Waals surface area contributed by atoms with E-state index in [1.807, 2.05) is 0 Å². The average Bonchev–Trinajstić information content (AvgIpc) is 0.918. The molecule has 0 fully saturated rings. The van der Waals surface area contributed by atoms with Crippen LogP contribution in [0.25, 0.3) is 0 Å². The summed E-state index contributed by atoms with van der Waals surface area (Å²) in [6.45, 7) is 0. The fourth-order valence-electron chi connectivity index (χ4n) is 0. The molecule has 0 N–H and O–H groups in total. The van der Waals surface area contributed by atoms with Crippen LogP contribution in [-0.2, 0) is 12.6 Å². The van der Waals surface area contributed by atoms with Crippen LogP contribution in [0.1, 0.15) is 0 Å². The fraction of sp³-hybridized carbons (Fsp3) is 0. The van der Waals surface area contributed by atoms with Gasteiger partial charge in [-0.1, -0.05) is 5.40 Å². The molecule has 0 aromatic heterocycles. The van der Waals surface area contributed by atoms with Crippen molar-refractivity contribution in [1.29, 1.82) is 5.26 Å². The molecule has 0 spiro atoms. The van der Waals surface area contributed by atoms with Crippen LogP contribution < -0.4 is 0 Å². The van der Waals surface area contributed by atoms with E-state index in [-0.39, 0.29) is 54.6 Å². The molecule has 0 aliphatic heterocycles. The minimum Gasteiger partial charge on any atom is -0.696 e. The zero-order valence-corrected chi connectivity index (χ0v) is 10.9. The maximum Gasteiger partial charge on any atom is 0 e. The van der Waals surface area contributed by atoms with Crippen LogP contribution in [0, 0.1) is 10.7 Å². The maximum atomic E-state index is 7.13. The van der Waals surface area contributed by atoms with E-state index in [2.05, 4.69) is 12.6 Å². The molecule has 8 radical (unpaired) electrons. The zero-order valence-electron chi connectivity index (χ0n) is 2.36. The standard InChI is InChI=1S/CHNS.2Pb/c2-1-3;;/h3H;;/p-1. The maximum absolute atomic E-state index is 7.13. The van der Waals surface area contributed by atoms with E-state index in [1.165, 1.54) is 5.40 Å². The number of rotatable bonds is 0. The van der Waals surface area contributed by atoms with Crippen LogP contribution in [0.5, 0.6) is 0 Å². The third kappa shape index (κ3) is 29.0. The van der Waals surface area contributed by atoms with Crippen molar-refractivity contribution in [2.45, 2.75) is 0 Å². The van der Waals surface area contributed by atoms with Crippen molar-refractivity contribution < 1.29 is 0 Å². The molecule has 0 rings (SSSR count). The van der Waals surface area contributed by atoms with Gasteiger partial charge in [-0.2, -0.15) is 0 Å². The molecule has 0 heterocycles. The van der Waals surface area contributed by atoms with Gasteiger partial charge in [0.2, 0.25) is 0 Å². The third-order valence-electron chi connectivity index (χ3n) is 0. The number of nitrogens with zero attached hydrogens (tertiary/aromatic N) is 1. The van der Waals surface area contributed by atoms with Crippen molar-refractivity contribution in [2.75, 3.05) is 0 Å². The smallest absolute Gasteiger partial charge is 0 e. The molecule has 0 aromatic rings. The van der Waals surface area contributed by atoms with Gasteiger partial charge in [0.15, 0.2) is 0 Å². The second kappa shape index (κ2) is 17.7. The first-order valence-corrected chi connectivity index (χ1v) is 0.836. The van der Waals surface area contributed by atoms with Crippen LogP contribution in [-0.4, -0.2) is 54.6 Å². The van der Waals surface area contributed by atoms with Crippen LogP contribution in [0.4, 0.5) is 0 Å². The van der Waals surface area contributed by atoms with Crippen molar-refractivity contribution in [3.63, 3.8) is 0 Å². The summed E-state index contributed by atoms with van der Waals surface area (Å²) in [6, 6.07) is 0. The summed E-state index contributed by atoms with van der Waals surface area (Å²) in [7, 11) is 0. The molecule has 24 valence electrons. The van der Waals surface area contributed by atoms with Crippen molar-refractivity contribution in [3.8, 4) is 5.40 Å². The molecule has 5 heavy (non-hydrogen) atoms. The van der Waals surface area contributed by atoms with Crippen molar-refractivity contribution >= 4 is 67.2 Å². The van der Waals surface area contributed by atoms with E-state index in [9.17, 15) is 0 Å². The van der Waals surface area contributed by atoms with E-state index in [1.54, 1.807) is 0 Å². The Kier molecular flexibility index (Phi) is 56.5.